The molecule has 0 bridgehead atoms. The summed E-state index contributed by atoms with van der Waals surface area (Å²) < 4.78 is 0. The van der Waals surface area contributed by atoms with Gasteiger partial charge < -0.3 is 0 Å². The van der Waals surface area contributed by atoms with Gasteiger partial charge in [-0.3, -0.25) is 0 Å². The molecule has 0 unspecified atom stereocenters. The summed E-state index contributed by atoms with van der Waals surface area (Å²) in [5.41, 5.74) is 2.69. The molecule has 0 N–H and O–H groups in total. The van der Waals surface area contributed by atoms with Crippen LogP contribution in [0.25, 0.3) is 0 Å². The molecule has 0 aliphatic rings. The fraction of sp³-hybridized carbons (Fsp3) is 0.250. The van der Waals surface area contributed by atoms with E-state index in [0.29, 0.717) is 0 Å². The number of aryl methyl sites for hydroxylation is 2. The van der Waals surface area contributed by atoms with Crippen molar-refractivity contribution < 1.29 is 0 Å². The van der Waals surface area contributed by atoms with Gasteiger partial charge in [-0.15, -0.1) is 0 Å². The Balaban J connectivity index is 2.39. The van der Waals surface area contributed by atoms with Crippen LogP contribution in [0, 0.1) is 13.8 Å². The molecule has 0 amide bonds. The molecule has 93 valence electrons. The normalized spacial score (nSPS) is 11.2. The SMILES string of the molecule is Cc1ccc(P(c2ccc(C)cc2)[Si](C)C)cc1. The van der Waals surface area contributed by atoms with E-state index in [1.165, 1.54) is 21.7 Å². The lowest BCUT2D eigenvalue weighted by atomic mass is 10.2. The summed E-state index contributed by atoms with van der Waals surface area (Å²) >= 11 is 0. The fourth-order valence-electron chi connectivity index (χ4n) is 2.05. The lowest BCUT2D eigenvalue weighted by molar-refractivity contribution is 1.49. The van der Waals surface area contributed by atoms with Crippen LogP contribution in [0.15, 0.2) is 48.5 Å². The van der Waals surface area contributed by atoms with Crippen molar-refractivity contribution in [2.75, 3.05) is 0 Å². The van der Waals surface area contributed by atoms with Gasteiger partial charge >= 0.3 is 0 Å². The molecule has 0 fully saturated rings. The van der Waals surface area contributed by atoms with Crippen LogP contribution in [-0.2, 0) is 0 Å². The highest BCUT2D eigenvalue weighted by atomic mass is 31.4. The van der Waals surface area contributed by atoms with Crippen LogP contribution < -0.4 is 10.6 Å². The minimum absolute atomic E-state index is 0.133. The first kappa shape index (κ1) is 13.5. The molecule has 2 heteroatoms. The Morgan fingerprint density at radius 1 is 0.667 bits per heavy atom. The topological polar surface area (TPSA) is 0 Å². The first-order chi connectivity index (χ1) is 8.58. The second-order valence-electron chi connectivity index (χ2n) is 4.95. The predicted octanol–water partition coefficient (Wildman–Crippen LogP) is 3.99. The molecule has 0 aromatic heterocycles. The van der Waals surface area contributed by atoms with Crippen LogP contribution >= 0.6 is 7.47 Å². The van der Waals surface area contributed by atoms with Crippen molar-refractivity contribution in [3.8, 4) is 0 Å². The van der Waals surface area contributed by atoms with Crippen LogP contribution in [0.3, 0.4) is 0 Å². The van der Waals surface area contributed by atoms with Crippen molar-refractivity contribution in [2.24, 2.45) is 0 Å². The van der Waals surface area contributed by atoms with E-state index in [9.17, 15) is 0 Å². The number of rotatable bonds is 3. The minimum Gasteiger partial charge on any atom is -0.0665 e. The standard InChI is InChI=1S/C16H20PSi/c1-13-5-9-15(10-6-13)17(18(3)4)16-11-7-14(2)8-12-16/h5-12H,1-4H3. The van der Waals surface area contributed by atoms with Crippen molar-refractivity contribution >= 4 is 26.5 Å². The maximum atomic E-state index is 2.43. The Morgan fingerprint density at radius 2 is 1.00 bits per heavy atom. The van der Waals surface area contributed by atoms with E-state index in [1.807, 2.05) is 0 Å². The van der Waals surface area contributed by atoms with Crippen molar-refractivity contribution in [3.05, 3.63) is 59.7 Å². The van der Waals surface area contributed by atoms with Gasteiger partial charge in [-0.25, -0.2) is 0 Å². The van der Waals surface area contributed by atoms with Crippen molar-refractivity contribution in [1.82, 2.24) is 0 Å². The smallest absolute Gasteiger partial charge is 0.0665 e. The maximum Gasteiger partial charge on any atom is 0.0849 e. The summed E-state index contributed by atoms with van der Waals surface area (Å²) in [7, 11) is -0.471. The Hall–Kier alpha value is -0.913. The van der Waals surface area contributed by atoms with Crippen LogP contribution in [0.1, 0.15) is 11.1 Å². The van der Waals surface area contributed by atoms with E-state index in [0.717, 1.165) is 0 Å². The first-order valence-corrected chi connectivity index (χ1v) is 11.0. The quantitative estimate of drug-likeness (QED) is 0.585. The lowest BCUT2D eigenvalue weighted by Crippen LogP contribution is -2.20. The third-order valence-corrected chi connectivity index (χ3v) is 9.79. The molecule has 0 nitrogen and oxygen atoms in total. The summed E-state index contributed by atoms with van der Waals surface area (Å²) in [6, 6.07) is 18.2. The van der Waals surface area contributed by atoms with Crippen LogP contribution in [-0.4, -0.2) is 8.46 Å². The maximum absolute atomic E-state index is 2.43. The Kier molecular flexibility index (Phi) is 4.37. The number of hydrogen-bond donors (Lipinski definition) is 0. The Morgan fingerprint density at radius 3 is 1.28 bits per heavy atom. The van der Waals surface area contributed by atoms with Crippen molar-refractivity contribution in [1.29, 1.82) is 0 Å². The fourth-order valence-corrected chi connectivity index (χ4v) is 8.27. The van der Waals surface area contributed by atoms with Crippen molar-refractivity contribution in [3.63, 3.8) is 0 Å². The molecular weight excluding hydrogens is 251 g/mol. The van der Waals surface area contributed by atoms with Gasteiger partial charge in [0.1, 0.15) is 0 Å². The molecule has 0 aliphatic carbocycles. The monoisotopic (exact) mass is 271 g/mol. The lowest BCUT2D eigenvalue weighted by Gasteiger charge is -2.22. The van der Waals surface area contributed by atoms with E-state index in [-0.39, 0.29) is 15.9 Å². The number of benzene rings is 2. The van der Waals surface area contributed by atoms with E-state index < -0.39 is 0 Å². The van der Waals surface area contributed by atoms with Gasteiger partial charge in [0.2, 0.25) is 0 Å². The van der Waals surface area contributed by atoms with Crippen molar-refractivity contribution in [2.45, 2.75) is 26.9 Å². The molecule has 2 rings (SSSR count). The summed E-state index contributed by atoms with van der Waals surface area (Å²) in [6.45, 7) is 9.16. The summed E-state index contributed by atoms with van der Waals surface area (Å²) in [5.74, 6) is 0. The second kappa shape index (κ2) is 5.82. The molecule has 0 saturated heterocycles. The van der Waals surface area contributed by atoms with E-state index >= 15 is 0 Å². The molecule has 2 aromatic rings. The first-order valence-electron chi connectivity index (χ1n) is 6.31. The molecule has 0 atom stereocenters. The zero-order chi connectivity index (χ0) is 13.1. The van der Waals surface area contributed by atoms with Gasteiger partial charge in [0.25, 0.3) is 0 Å². The van der Waals surface area contributed by atoms with E-state index in [4.69, 9.17) is 0 Å². The van der Waals surface area contributed by atoms with Gasteiger partial charge in [0, 0.05) is 0 Å². The highest BCUT2D eigenvalue weighted by molar-refractivity contribution is 8.00. The van der Waals surface area contributed by atoms with Gasteiger partial charge in [0.15, 0.2) is 0 Å². The van der Waals surface area contributed by atoms with E-state index in [1.54, 1.807) is 0 Å². The van der Waals surface area contributed by atoms with Gasteiger partial charge in [-0.1, -0.05) is 80.2 Å². The van der Waals surface area contributed by atoms with Gasteiger partial charge in [0.05, 0.1) is 8.46 Å². The second-order valence-corrected chi connectivity index (χ2v) is 12.6. The largest absolute Gasteiger partial charge is 0.0849 e. The van der Waals surface area contributed by atoms with Gasteiger partial charge in [-0.2, -0.15) is 0 Å². The molecule has 2 aromatic carbocycles. The molecule has 0 heterocycles. The van der Waals surface area contributed by atoms with E-state index in [2.05, 4.69) is 75.5 Å². The summed E-state index contributed by atoms with van der Waals surface area (Å²) in [4.78, 5) is 0. The molecule has 18 heavy (non-hydrogen) atoms. The average Bonchev–Trinajstić information content (AvgIpc) is 2.34. The van der Waals surface area contributed by atoms with Crippen LogP contribution in [0.2, 0.25) is 13.1 Å². The molecular formula is C16H20PSi. The average molecular weight is 271 g/mol. The summed E-state index contributed by atoms with van der Waals surface area (Å²) in [5, 5.41) is 3.05. The third kappa shape index (κ3) is 3.10. The van der Waals surface area contributed by atoms with Crippen LogP contribution in [0.5, 0.6) is 0 Å². The van der Waals surface area contributed by atoms with Crippen LogP contribution in [0.4, 0.5) is 0 Å². The minimum atomic E-state index is -0.338. The zero-order valence-electron chi connectivity index (χ0n) is 11.6. The molecule has 0 aliphatic heterocycles. The molecule has 0 saturated carbocycles. The van der Waals surface area contributed by atoms with Gasteiger partial charge in [-0.05, 0) is 24.5 Å². The molecule has 1 radical (unpaired) electrons. The Labute approximate surface area is 113 Å². The predicted molar refractivity (Wildman–Crippen MR) is 86.0 cm³/mol. The highest BCUT2D eigenvalue weighted by Gasteiger charge is 2.18. The Bertz CT molecular complexity index is 454. The molecule has 0 spiro atoms. The summed E-state index contributed by atoms with van der Waals surface area (Å²) in [6.07, 6.45) is 0. The highest BCUT2D eigenvalue weighted by Crippen LogP contribution is 2.36. The zero-order valence-corrected chi connectivity index (χ0v) is 13.5. The third-order valence-electron chi connectivity index (χ3n) is 3.03. The number of hydrogen-bond acceptors (Lipinski definition) is 0.